The highest BCUT2D eigenvalue weighted by atomic mass is 19.3. The van der Waals surface area contributed by atoms with E-state index in [1.54, 1.807) is 0 Å². The number of carbonyl (C=O) groups excluding carboxylic acids is 1. The first-order chi connectivity index (χ1) is 11.5. The zero-order valence-electron chi connectivity index (χ0n) is 14.2. The molecule has 1 aromatic heterocycles. The maximum atomic E-state index is 12.8. The highest BCUT2D eigenvalue weighted by Crippen LogP contribution is 2.23. The number of halogens is 2. The number of rotatable bonds is 7. The number of amides is 1. The molecule has 1 aromatic carbocycles. The van der Waals surface area contributed by atoms with Crippen LogP contribution in [0.15, 0.2) is 36.5 Å². The molecule has 2 aromatic rings. The number of hydrogen-bond donors (Lipinski definition) is 1. The summed E-state index contributed by atoms with van der Waals surface area (Å²) in [5.74, 6) is -0.0697. The second-order valence-corrected chi connectivity index (χ2v) is 5.85. The number of hydrogen-bond acceptors (Lipinski definition) is 2. The summed E-state index contributed by atoms with van der Waals surface area (Å²) >= 11 is 0. The van der Waals surface area contributed by atoms with Crippen molar-refractivity contribution < 1.29 is 13.6 Å². The first-order valence-electron chi connectivity index (χ1n) is 8.20. The molecule has 1 heterocycles. The fraction of sp³-hybridized carbons (Fsp3) is 0.444. The smallest absolute Gasteiger partial charge is 0.333 e. The Bertz CT molecular complexity index is 667. The number of nitrogens with zero attached hydrogens (tertiary/aromatic N) is 2. The standard InChI is InChI=1S/C18H23F2N3O/c1-4-12(3)13-6-8-14(9-7-13)15(5-2)22-17(24)16-10-11-21-23(16)18(19)20/h6-12,15,18H,4-5H2,1-3H3,(H,22,24). The molecular weight excluding hydrogens is 312 g/mol. The van der Waals surface area contributed by atoms with Crippen LogP contribution in [0.1, 0.15) is 73.7 Å². The third-order valence-electron chi connectivity index (χ3n) is 4.32. The minimum absolute atomic E-state index is 0.139. The van der Waals surface area contributed by atoms with Gasteiger partial charge in [0.15, 0.2) is 0 Å². The molecule has 2 unspecified atom stereocenters. The topological polar surface area (TPSA) is 46.9 Å². The average Bonchev–Trinajstić information content (AvgIpc) is 3.09. The van der Waals surface area contributed by atoms with Crippen molar-refractivity contribution in [1.82, 2.24) is 15.1 Å². The monoisotopic (exact) mass is 335 g/mol. The number of alkyl halides is 2. The molecule has 1 amide bonds. The molecule has 6 heteroatoms. The fourth-order valence-electron chi connectivity index (χ4n) is 2.60. The quantitative estimate of drug-likeness (QED) is 0.799. The maximum absolute atomic E-state index is 12.8. The Morgan fingerprint density at radius 2 is 1.75 bits per heavy atom. The number of carbonyl (C=O) groups is 1. The van der Waals surface area contributed by atoms with Crippen molar-refractivity contribution in [1.29, 1.82) is 0 Å². The van der Waals surface area contributed by atoms with Crippen LogP contribution in [0, 0.1) is 0 Å². The largest absolute Gasteiger partial charge is 0.344 e. The Labute approximate surface area is 140 Å². The molecule has 24 heavy (non-hydrogen) atoms. The van der Waals surface area contributed by atoms with Crippen LogP contribution in [0.2, 0.25) is 0 Å². The molecule has 0 saturated carbocycles. The van der Waals surface area contributed by atoms with Crippen molar-refractivity contribution in [3.8, 4) is 0 Å². The number of benzene rings is 1. The van der Waals surface area contributed by atoms with Crippen LogP contribution in [0.4, 0.5) is 8.78 Å². The molecule has 0 aliphatic heterocycles. The molecule has 0 bridgehead atoms. The van der Waals surface area contributed by atoms with Crippen molar-refractivity contribution in [3.63, 3.8) is 0 Å². The molecule has 2 rings (SSSR count). The van der Waals surface area contributed by atoms with Gasteiger partial charge in [0, 0.05) is 6.20 Å². The van der Waals surface area contributed by atoms with Crippen molar-refractivity contribution in [2.75, 3.05) is 0 Å². The van der Waals surface area contributed by atoms with Crippen LogP contribution in [0.5, 0.6) is 0 Å². The van der Waals surface area contributed by atoms with Crippen LogP contribution in [0.25, 0.3) is 0 Å². The van der Waals surface area contributed by atoms with Crippen molar-refractivity contribution in [3.05, 3.63) is 53.3 Å². The van der Waals surface area contributed by atoms with E-state index >= 15 is 0 Å². The third kappa shape index (κ3) is 3.99. The first-order valence-corrected chi connectivity index (χ1v) is 8.20. The second kappa shape index (κ2) is 8.04. The SMILES string of the molecule is CCC(C)c1ccc(C(CC)NC(=O)c2ccnn2C(F)F)cc1. The molecule has 0 spiro atoms. The van der Waals surface area contributed by atoms with E-state index in [1.807, 2.05) is 19.1 Å². The molecule has 4 nitrogen and oxygen atoms in total. The fourth-order valence-corrected chi connectivity index (χ4v) is 2.60. The van der Waals surface area contributed by atoms with E-state index in [4.69, 9.17) is 0 Å². The lowest BCUT2D eigenvalue weighted by Crippen LogP contribution is -2.30. The predicted molar refractivity (Wildman–Crippen MR) is 89.1 cm³/mol. The molecule has 1 N–H and O–H groups in total. The predicted octanol–water partition coefficient (Wildman–Crippen LogP) is 4.67. The molecule has 0 fully saturated rings. The summed E-state index contributed by atoms with van der Waals surface area (Å²) in [4.78, 5) is 12.3. The van der Waals surface area contributed by atoms with E-state index in [0.717, 1.165) is 12.0 Å². The molecule has 0 aliphatic rings. The van der Waals surface area contributed by atoms with Gasteiger partial charge in [-0.2, -0.15) is 18.6 Å². The number of aromatic nitrogens is 2. The van der Waals surface area contributed by atoms with Crippen molar-refractivity contribution >= 4 is 5.91 Å². The van der Waals surface area contributed by atoms with E-state index in [1.165, 1.54) is 17.8 Å². The summed E-state index contributed by atoms with van der Waals surface area (Å²) < 4.78 is 26.1. The van der Waals surface area contributed by atoms with Crippen molar-refractivity contribution in [2.45, 2.75) is 52.1 Å². The minimum atomic E-state index is -2.84. The maximum Gasteiger partial charge on any atom is 0.333 e. The van der Waals surface area contributed by atoms with Gasteiger partial charge in [-0.3, -0.25) is 4.79 Å². The van der Waals surface area contributed by atoms with E-state index in [-0.39, 0.29) is 11.7 Å². The summed E-state index contributed by atoms with van der Waals surface area (Å²) in [6.07, 6.45) is 2.92. The molecule has 130 valence electrons. The Kier molecular flexibility index (Phi) is 6.06. The van der Waals surface area contributed by atoms with Crippen molar-refractivity contribution in [2.24, 2.45) is 0 Å². The lowest BCUT2D eigenvalue weighted by molar-refractivity contribution is 0.0507. The summed E-state index contributed by atoms with van der Waals surface area (Å²) in [7, 11) is 0. The van der Waals surface area contributed by atoms with E-state index in [9.17, 15) is 13.6 Å². The van der Waals surface area contributed by atoms with Crippen LogP contribution in [-0.2, 0) is 0 Å². The zero-order valence-corrected chi connectivity index (χ0v) is 14.2. The van der Waals surface area contributed by atoms with Gasteiger partial charge in [-0.05, 0) is 36.0 Å². The lowest BCUT2D eigenvalue weighted by atomic mass is 9.95. The highest BCUT2D eigenvalue weighted by Gasteiger charge is 2.20. The molecular formula is C18H23F2N3O. The highest BCUT2D eigenvalue weighted by molar-refractivity contribution is 5.92. The van der Waals surface area contributed by atoms with E-state index in [0.29, 0.717) is 17.0 Å². The summed E-state index contributed by atoms with van der Waals surface area (Å²) in [5, 5.41) is 6.30. The molecule has 2 atom stereocenters. The Hall–Kier alpha value is -2.24. The van der Waals surface area contributed by atoms with Gasteiger partial charge in [-0.1, -0.05) is 45.0 Å². The van der Waals surface area contributed by atoms with E-state index in [2.05, 4.69) is 36.4 Å². The van der Waals surface area contributed by atoms with Gasteiger partial charge in [-0.15, -0.1) is 0 Å². The molecule has 0 aliphatic carbocycles. The van der Waals surface area contributed by atoms with Gasteiger partial charge in [0.1, 0.15) is 5.69 Å². The second-order valence-electron chi connectivity index (χ2n) is 5.85. The van der Waals surface area contributed by atoms with Gasteiger partial charge in [0.05, 0.1) is 6.04 Å². The summed E-state index contributed by atoms with van der Waals surface area (Å²) in [6, 6.07) is 9.15. The summed E-state index contributed by atoms with van der Waals surface area (Å²) in [6.45, 7) is 3.41. The van der Waals surface area contributed by atoms with Gasteiger partial charge < -0.3 is 5.32 Å². The van der Waals surface area contributed by atoms with Crippen LogP contribution >= 0.6 is 0 Å². The normalized spacial score (nSPS) is 13.8. The number of nitrogens with one attached hydrogen (secondary N) is 1. The van der Waals surface area contributed by atoms with Gasteiger partial charge in [0.2, 0.25) is 0 Å². The Morgan fingerprint density at radius 3 is 2.29 bits per heavy atom. The van der Waals surface area contributed by atoms with Crippen LogP contribution in [-0.4, -0.2) is 15.7 Å². The minimum Gasteiger partial charge on any atom is -0.344 e. The third-order valence-corrected chi connectivity index (χ3v) is 4.32. The first kappa shape index (κ1) is 18.1. The van der Waals surface area contributed by atoms with Gasteiger partial charge in [-0.25, -0.2) is 0 Å². The van der Waals surface area contributed by atoms with Crippen LogP contribution in [0.3, 0.4) is 0 Å². The van der Waals surface area contributed by atoms with E-state index < -0.39 is 12.5 Å². The molecule has 0 saturated heterocycles. The van der Waals surface area contributed by atoms with Gasteiger partial charge >= 0.3 is 6.55 Å². The lowest BCUT2D eigenvalue weighted by Gasteiger charge is -2.19. The van der Waals surface area contributed by atoms with Crippen LogP contribution < -0.4 is 5.32 Å². The Balaban J connectivity index is 2.14. The summed E-state index contributed by atoms with van der Waals surface area (Å²) in [5.41, 5.74) is 2.07. The van der Waals surface area contributed by atoms with Gasteiger partial charge in [0.25, 0.3) is 5.91 Å². The molecule has 0 radical (unpaired) electrons. The average molecular weight is 335 g/mol. The zero-order chi connectivity index (χ0) is 17.7. The Morgan fingerprint density at radius 1 is 1.12 bits per heavy atom.